The molecule has 0 aliphatic carbocycles. The van der Waals surface area contributed by atoms with Crippen LogP contribution in [-0.4, -0.2) is 40.4 Å². The Morgan fingerprint density at radius 3 is 2.75 bits per heavy atom. The SMILES string of the molecule is O=C1c2c(O)c(=O)ccn2N2Cc3ccc(F)c(F)c3OC/C=C/CCN1C2. The molecule has 0 saturated heterocycles. The lowest BCUT2D eigenvalue weighted by atomic mass is 10.1. The van der Waals surface area contributed by atoms with E-state index in [0.717, 1.165) is 12.1 Å². The third-order valence-electron chi connectivity index (χ3n) is 4.72. The zero-order chi connectivity index (χ0) is 19.8. The molecule has 9 heteroatoms. The van der Waals surface area contributed by atoms with Gasteiger partial charge in [-0.2, -0.15) is 4.39 Å². The van der Waals surface area contributed by atoms with Crippen molar-refractivity contribution in [1.82, 2.24) is 9.58 Å². The number of aromatic nitrogens is 1. The average molecular weight is 389 g/mol. The Morgan fingerprint density at radius 1 is 1.11 bits per heavy atom. The Hall–Kier alpha value is -3.36. The van der Waals surface area contributed by atoms with Crippen LogP contribution < -0.4 is 15.2 Å². The van der Waals surface area contributed by atoms with Gasteiger partial charge < -0.3 is 14.7 Å². The fourth-order valence-corrected chi connectivity index (χ4v) is 3.33. The van der Waals surface area contributed by atoms with Crippen LogP contribution in [0.3, 0.4) is 0 Å². The number of amides is 1. The standard InChI is InChI=1S/C19H17F2N3O4/c20-13-5-4-12-10-23-11-22(7-2-1-3-9-28-18(12)15(13)21)19(27)16-17(26)14(25)6-8-24(16)23/h1,3-6,8,26H,2,7,9-11H2/b3-1+. The first kappa shape index (κ1) is 18.0. The van der Waals surface area contributed by atoms with E-state index >= 15 is 0 Å². The van der Waals surface area contributed by atoms with Crippen molar-refractivity contribution in [3.05, 3.63) is 69.7 Å². The van der Waals surface area contributed by atoms with Crippen LogP contribution in [0.1, 0.15) is 22.5 Å². The van der Waals surface area contributed by atoms with E-state index in [9.17, 15) is 23.5 Å². The molecule has 7 nitrogen and oxygen atoms in total. The highest BCUT2D eigenvalue weighted by Gasteiger charge is 2.32. The molecule has 1 aromatic heterocycles. The number of carbonyl (C=O) groups is 1. The van der Waals surface area contributed by atoms with E-state index in [2.05, 4.69) is 0 Å². The van der Waals surface area contributed by atoms with Gasteiger partial charge in [0, 0.05) is 24.4 Å². The van der Waals surface area contributed by atoms with Gasteiger partial charge in [-0.3, -0.25) is 19.3 Å². The Balaban J connectivity index is 1.86. The minimum atomic E-state index is -1.09. The van der Waals surface area contributed by atoms with E-state index in [1.54, 1.807) is 17.2 Å². The number of pyridine rings is 1. The molecular formula is C19H17F2N3O4. The predicted molar refractivity (Wildman–Crippen MR) is 95.8 cm³/mol. The van der Waals surface area contributed by atoms with Gasteiger partial charge in [-0.15, -0.1) is 0 Å². The first-order chi connectivity index (χ1) is 13.5. The zero-order valence-electron chi connectivity index (χ0n) is 14.8. The molecule has 0 saturated carbocycles. The largest absolute Gasteiger partial charge is 0.502 e. The molecule has 2 bridgehead atoms. The van der Waals surface area contributed by atoms with Gasteiger partial charge >= 0.3 is 0 Å². The van der Waals surface area contributed by atoms with Crippen LogP contribution in [-0.2, 0) is 6.54 Å². The molecule has 1 aromatic carbocycles. The number of nitrogens with zero attached hydrogens (tertiary/aromatic N) is 3. The number of ether oxygens (including phenoxy) is 1. The quantitative estimate of drug-likeness (QED) is 0.695. The molecule has 28 heavy (non-hydrogen) atoms. The third-order valence-corrected chi connectivity index (χ3v) is 4.72. The molecule has 1 N–H and O–H groups in total. The van der Waals surface area contributed by atoms with E-state index in [-0.39, 0.29) is 31.3 Å². The molecule has 2 aliphatic heterocycles. The van der Waals surface area contributed by atoms with Crippen LogP contribution in [0.25, 0.3) is 0 Å². The van der Waals surface area contributed by atoms with Gasteiger partial charge in [-0.1, -0.05) is 18.2 Å². The third kappa shape index (κ3) is 2.98. The molecule has 4 rings (SSSR count). The highest BCUT2D eigenvalue weighted by atomic mass is 19.2. The smallest absolute Gasteiger partial charge is 0.277 e. The van der Waals surface area contributed by atoms with E-state index in [1.165, 1.54) is 21.8 Å². The zero-order valence-corrected chi connectivity index (χ0v) is 14.8. The fourth-order valence-electron chi connectivity index (χ4n) is 3.33. The van der Waals surface area contributed by atoms with Gasteiger partial charge in [-0.05, 0) is 12.5 Å². The van der Waals surface area contributed by atoms with Crippen molar-refractivity contribution >= 4 is 5.91 Å². The van der Waals surface area contributed by atoms with Crippen LogP contribution in [0.4, 0.5) is 8.78 Å². The molecule has 3 heterocycles. The number of aromatic hydroxyl groups is 1. The second-order valence-electron chi connectivity index (χ2n) is 6.52. The summed E-state index contributed by atoms with van der Waals surface area (Å²) in [5.74, 6) is -3.44. The summed E-state index contributed by atoms with van der Waals surface area (Å²) in [6.07, 6.45) is 5.30. The number of halogens is 2. The average Bonchev–Trinajstić information content (AvgIpc) is 2.67. The molecule has 0 unspecified atom stereocenters. The maximum absolute atomic E-state index is 14.3. The van der Waals surface area contributed by atoms with Gasteiger partial charge in [0.2, 0.25) is 11.2 Å². The van der Waals surface area contributed by atoms with Gasteiger partial charge in [0.1, 0.15) is 13.3 Å². The maximum atomic E-state index is 14.3. The van der Waals surface area contributed by atoms with Crippen molar-refractivity contribution in [2.24, 2.45) is 0 Å². The summed E-state index contributed by atoms with van der Waals surface area (Å²) in [4.78, 5) is 26.1. The van der Waals surface area contributed by atoms with Crippen molar-refractivity contribution < 1.29 is 23.4 Å². The van der Waals surface area contributed by atoms with E-state index in [0.29, 0.717) is 18.5 Å². The lowest BCUT2D eigenvalue weighted by molar-refractivity contribution is 0.0688. The molecule has 0 atom stereocenters. The van der Waals surface area contributed by atoms with Crippen LogP contribution in [0.2, 0.25) is 0 Å². The minimum Gasteiger partial charge on any atom is -0.502 e. The van der Waals surface area contributed by atoms with Gasteiger partial charge in [0.05, 0.1) is 6.54 Å². The van der Waals surface area contributed by atoms with Gasteiger partial charge in [0.25, 0.3) is 5.91 Å². The Kier molecular flexibility index (Phi) is 4.50. The fraction of sp³-hybridized carbons (Fsp3) is 0.263. The van der Waals surface area contributed by atoms with Crippen LogP contribution in [0.5, 0.6) is 11.5 Å². The van der Waals surface area contributed by atoms with Crippen molar-refractivity contribution in [3.63, 3.8) is 0 Å². The number of benzene rings is 1. The number of hydrogen-bond donors (Lipinski definition) is 1. The van der Waals surface area contributed by atoms with Crippen molar-refractivity contribution in [3.8, 4) is 11.5 Å². The normalized spacial score (nSPS) is 17.7. The Morgan fingerprint density at radius 2 is 1.93 bits per heavy atom. The van der Waals surface area contributed by atoms with E-state index < -0.39 is 28.7 Å². The van der Waals surface area contributed by atoms with Gasteiger partial charge in [0.15, 0.2) is 23.0 Å². The summed E-state index contributed by atoms with van der Waals surface area (Å²) >= 11 is 0. The molecule has 0 radical (unpaired) electrons. The lowest BCUT2D eigenvalue weighted by Gasteiger charge is -2.39. The van der Waals surface area contributed by atoms with Crippen molar-refractivity contribution in [1.29, 1.82) is 0 Å². The molecule has 146 valence electrons. The van der Waals surface area contributed by atoms with Crippen LogP contribution in [0.15, 0.2) is 41.3 Å². The number of rotatable bonds is 0. The predicted octanol–water partition coefficient (Wildman–Crippen LogP) is 1.72. The summed E-state index contributed by atoms with van der Waals surface area (Å²) in [6.45, 7) is 0.625. The maximum Gasteiger partial charge on any atom is 0.277 e. The summed E-state index contributed by atoms with van der Waals surface area (Å²) in [5.41, 5.74) is -0.463. The number of fused-ring (bicyclic) bond motifs is 5. The second-order valence-corrected chi connectivity index (χ2v) is 6.52. The van der Waals surface area contributed by atoms with Crippen molar-refractivity contribution in [2.75, 3.05) is 24.8 Å². The molecule has 1 amide bonds. The van der Waals surface area contributed by atoms with Crippen LogP contribution >= 0.6 is 0 Å². The van der Waals surface area contributed by atoms with E-state index in [4.69, 9.17) is 4.74 Å². The Bertz CT molecular complexity index is 1030. The summed E-state index contributed by atoms with van der Waals surface area (Å²) in [6, 6.07) is 3.56. The molecule has 0 spiro atoms. The lowest BCUT2D eigenvalue weighted by Crippen LogP contribution is -2.53. The topological polar surface area (TPSA) is 75.0 Å². The minimum absolute atomic E-state index is 0.0609. The first-order valence-corrected chi connectivity index (χ1v) is 8.71. The van der Waals surface area contributed by atoms with Crippen molar-refractivity contribution in [2.45, 2.75) is 13.0 Å². The number of hydrogen-bond acceptors (Lipinski definition) is 5. The molecule has 2 aliphatic rings. The monoisotopic (exact) mass is 389 g/mol. The molecular weight excluding hydrogens is 372 g/mol. The molecule has 0 fully saturated rings. The molecule has 2 aromatic rings. The Labute approximate surface area is 158 Å². The summed E-state index contributed by atoms with van der Waals surface area (Å²) < 4.78 is 34.8. The van der Waals surface area contributed by atoms with Gasteiger partial charge in [-0.25, -0.2) is 4.39 Å². The van der Waals surface area contributed by atoms with Crippen LogP contribution in [0, 0.1) is 11.6 Å². The van der Waals surface area contributed by atoms with E-state index in [1.807, 2.05) is 0 Å². The highest BCUT2D eigenvalue weighted by Crippen LogP contribution is 2.28. The summed E-state index contributed by atoms with van der Waals surface area (Å²) in [5, 5.41) is 11.8. The second kappa shape index (κ2) is 6.99. The highest BCUT2D eigenvalue weighted by molar-refractivity contribution is 5.96. The number of carbonyl (C=O) groups excluding carboxylic acids is 1. The first-order valence-electron chi connectivity index (χ1n) is 8.71. The summed E-state index contributed by atoms with van der Waals surface area (Å²) in [7, 11) is 0.